The molecule has 0 fully saturated rings. The fraction of sp³-hybridized carbons (Fsp3) is 0.0833. The zero-order valence-electron chi connectivity index (χ0n) is 18.8. The lowest BCUT2D eigenvalue weighted by molar-refractivity contribution is -0.672. The minimum atomic E-state index is -4.87. The monoisotopic (exact) mass is 528 g/mol. The first-order chi connectivity index (χ1) is 17.7. The highest BCUT2D eigenvalue weighted by atomic mass is 32.1. The molecule has 0 aliphatic rings. The summed E-state index contributed by atoms with van der Waals surface area (Å²) in [6.45, 7) is 0. The number of carbonyl (C=O) groups excluding carboxylic acids is 1. The number of benzene rings is 2. The Bertz CT molecular complexity index is 1630. The van der Waals surface area contributed by atoms with Gasteiger partial charge in [-0.2, -0.15) is 0 Å². The SMILES string of the molecule is COc1ccccc1-c1ccc2c(N)c(C(=O)c3c([O-])on[n+]3-c3ccc(OC(F)(F)F)cc3)sc2n1. The van der Waals surface area contributed by atoms with Crippen molar-refractivity contribution in [2.45, 2.75) is 6.36 Å². The molecule has 37 heavy (non-hydrogen) atoms. The highest BCUT2D eigenvalue weighted by Crippen LogP contribution is 2.37. The van der Waals surface area contributed by atoms with Crippen molar-refractivity contribution < 1.29 is 41.8 Å². The van der Waals surface area contributed by atoms with Crippen LogP contribution in [0.15, 0.2) is 65.2 Å². The van der Waals surface area contributed by atoms with Crippen molar-refractivity contribution in [3.8, 4) is 34.4 Å². The quantitative estimate of drug-likeness (QED) is 0.259. The Morgan fingerprint density at radius 3 is 2.54 bits per heavy atom. The predicted molar refractivity (Wildman–Crippen MR) is 124 cm³/mol. The molecule has 5 aromatic rings. The molecule has 0 atom stereocenters. The number of halogens is 3. The molecule has 0 amide bonds. The topological polar surface area (TPSA) is 127 Å². The van der Waals surface area contributed by atoms with Crippen LogP contribution in [0.25, 0.3) is 27.2 Å². The third kappa shape index (κ3) is 4.51. The number of ether oxygens (including phenoxy) is 2. The number of ketones is 1. The van der Waals surface area contributed by atoms with Gasteiger partial charge in [-0.3, -0.25) is 4.79 Å². The summed E-state index contributed by atoms with van der Waals surface area (Å²) in [4.78, 5) is 18.5. The predicted octanol–water partition coefficient (Wildman–Crippen LogP) is 4.02. The maximum absolute atomic E-state index is 13.4. The fourth-order valence-electron chi connectivity index (χ4n) is 3.68. The second-order valence-electron chi connectivity index (χ2n) is 7.59. The lowest BCUT2D eigenvalue weighted by Gasteiger charge is -2.07. The Labute approximate surface area is 210 Å². The van der Waals surface area contributed by atoms with Crippen LogP contribution in [0.1, 0.15) is 15.4 Å². The van der Waals surface area contributed by atoms with Crippen molar-refractivity contribution in [2.75, 3.05) is 12.8 Å². The van der Waals surface area contributed by atoms with Gasteiger partial charge in [-0.15, -0.1) is 24.5 Å². The Hall–Kier alpha value is -4.65. The fourth-order valence-corrected chi connectivity index (χ4v) is 4.72. The molecule has 0 spiro atoms. The molecule has 2 N–H and O–H groups in total. The number of nitrogens with zero attached hydrogens (tertiary/aromatic N) is 3. The van der Waals surface area contributed by atoms with Crippen molar-refractivity contribution >= 4 is 33.0 Å². The Morgan fingerprint density at radius 1 is 1.11 bits per heavy atom. The minimum Gasteiger partial charge on any atom is -0.539 e. The molecular weight excluding hydrogens is 513 g/mol. The van der Waals surface area contributed by atoms with Crippen molar-refractivity contribution in [2.24, 2.45) is 0 Å². The number of carbonyl (C=O) groups is 1. The summed E-state index contributed by atoms with van der Waals surface area (Å²) in [6.07, 6.45) is -4.87. The van der Waals surface area contributed by atoms with E-state index in [9.17, 15) is 23.1 Å². The number of pyridine rings is 1. The molecule has 9 nitrogen and oxygen atoms in total. The van der Waals surface area contributed by atoms with Gasteiger partial charge in [-0.05, 0) is 41.1 Å². The molecule has 5 rings (SSSR count). The van der Waals surface area contributed by atoms with Crippen LogP contribution in [0.5, 0.6) is 17.4 Å². The van der Waals surface area contributed by atoms with Crippen LogP contribution in [-0.4, -0.2) is 29.5 Å². The van der Waals surface area contributed by atoms with Crippen molar-refractivity contribution in [3.05, 3.63) is 71.2 Å². The molecule has 0 aliphatic carbocycles. The number of nitrogens with two attached hydrogens (primary N) is 1. The molecule has 0 saturated carbocycles. The van der Waals surface area contributed by atoms with E-state index in [0.717, 1.165) is 33.7 Å². The van der Waals surface area contributed by atoms with Gasteiger partial charge in [-0.1, -0.05) is 12.1 Å². The number of rotatable bonds is 6. The standard InChI is InChI=1S/C24H15F3N4O5S/c1-34-17-5-3-2-4-14(17)16-11-10-15-18(28)21(37-22(15)29-16)20(32)19-23(33)36-30-31(19)12-6-8-13(9-7-12)35-24(25,26)27/h2-11H,1H3,(H2-,28,30,32,33). The lowest BCUT2D eigenvalue weighted by atomic mass is 10.1. The molecule has 0 bridgehead atoms. The van der Waals surface area contributed by atoms with Gasteiger partial charge in [0.15, 0.2) is 5.95 Å². The van der Waals surface area contributed by atoms with Crippen LogP contribution in [0.2, 0.25) is 0 Å². The number of para-hydroxylation sites is 1. The number of aromatic nitrogens is 3. The first kappa shape index (κ1) is 24.1. The van der Waals surface area contributed by atoms with E-state index in [2.05, 4.69) is 19.5 Å². The van der Waals surface area contributed by atoms with E-state index in [0.29, 0.717) is 21.7 Å². The number of hydrogen-bond acceptors (Lipinski definition) is 9. The van der Waals surface area contributed by atoms with Crippen LogP contribution in [0.3, 0.4) is 0 Å². The maximum atomic E-state index is 13.4. The molecule has 3 heterocycles. The van der Waals surface area contributed by atoms with Gasteiger partial charge < -0.3 is 24.8 Å². The largest absolute Gasteiger partial charge is 0.573 e. The second kappa shape index (κ2) is 9.09. The summed E-state index contributed by atoms with van der Waals surface area (Å²) < 4.78 is 52.1. The van der Waals surface area contributed by atoms with Crippen LogP contribution < -0.4 is 25.0 Å². The summed E-state index contributed by atoms with van der Waals surface area (Å²) in [6, 6.07) is 15.2. The van der Waals surface area contributed by atoms with Crippen LogP contribution in [0.4, 0.5) is 18.9 Å². The van der Waals surface area contributed by atoms with E-state index in [1.54, 1.807) is 25.3 Å². The van der Waals surface area contributed by atoms with Gasteiger partial charge in [0, 0.05) is 23.1 Å². The summed E-state index contributed by atoms with van der Waals surface area (Å²) in [5, 5.41) is 16.5. The van der Waals surface area contributed by atoms with Gasteiger partial charge >= 0.3 is 12.1 Å². The number of nitrogen functional groups attached to an aromatic ring is 1. The average molecular weight is 528 g/mol. The molecule has 2 aromatic carbocycles. The van der Waals surface area contributed by atoms with Crippen LogP contribution in [-0.2, 0) is 0 Å². The highest BCUT2D eigenvalue weighted by molar-refractivity contribution is 7.21. The Morgan fingerprint density at radius 2 is 1.84 bits per heavy atom. The average Bonchev–Trinajstić information content (AvgIpc) is 3.42. The number of alkyl halides is 3. The van der Waals surface area contributed by atoms with Crippen molar-refractivity contribution in [1.82, 2.24) is 10.3 Å². The van der Waals surface area contributed by atoms with Gasteiger partial charge in [0.05, 0.1) is 23.8 Å². The van der Waals surface area contributed by atoms with E-state index in [-0.39, 0.29) is 16.3 Å². The summed E-state index contributed by atoms with van der Waals surface area (Å²) >= 11 is 0.981. The van der Waals surface area contributed by atoms with Crippen LogP contribution in [0, 0.1) is 0 Å². The van der Waals surface area contributed by atoms with E-state index < -0.39 is 29.5 Å². The molecule has 0 radical (unpaired) electrons. The molecule has 13 heteroatoms. The second-order valence-corrected chi connectivity index (χ2v) is 8.59. The number of hydrogen-bond donors (Lipinski definition) is 1. The van der Waals surface area contributed by atoms with E-state index in [1.807, 2.05) is 18.2 Å². The lowest BCUT2D eigenvalue weighted by Crippen LogP contribution is -2.39. The zero-order chi connectivity index (χ0) is 26.3. The van der Waals surface area contributed by atoms with Gasteiger partial charge in [0.25, 0.3) is 5.78 Å². The Balaban J connectivity index is 1.53. The maximum Gasteiger partial charge on any atom is 0.573 e. The van der Waals surface area contributed by atoms with Gasteiger partial charge in [0.1, 0.15) is 21.2 Å². The number of anilines is 1. The minimum absolute atomic E-state index is 0.0331. The summed E-state index contributed by atoms with van der Waals surface area (Å²) in [7, 11) is 1.54. The number of fused-ring (bicyclic) bond motifs is 1. The smallest absolute Gasteiger partial charge is 0.539 e. The zero-order valence-corrected chi connectivity index (χ0v) is 19.6. The molecule has 188 valence electrons. The van der Waals surface area contributed by atoms with Crippen molar-refractivity contribution in [1.29, 1.82) is 0 Å². The number of methoxy groups -OCH3 is 1. The molecule has 0 saturated heterocycles. The van der Waals surface area contributed by atoms with E-state index in [1.165, 1.54) is 12.1 Å². The van der Waals surface area contributed by atoms with Crippen molar-refractivity contribution in [3.63, 3.8) is 0 Å². The van der Waals surface area contributed by atoms with E-state index in [4.69, 9.17) is 10.5 Å². The molecule has 0 aliphatic heterocycles. The number of thiophene rings is 1. The third-order valence-corrected chi connectivity index (χ3v) is 6.44. The normalized spacial score (nSPS) is 11.6. The summed E-state index contributed by atoms with van der Waals surface area (Å²) in [5.41, 5.74) is 7.31. The molecular formula is C24H15F3N4O5S. The molecule has 3 aromatic heterocycles. The first-order valence-corrected chi connectivity index (χ1v) is 11.3. The van der Waals surface area contributed by atoms with Gasteiger partial charge in [0.2, 0.25) is 5.69 Å². The first-order valence-electron chi connectivity index (χ1n) is 10.5. The molecule has 0 unspecified atom stereocenters. The Kier molecular flexibility index (Phi) is 5.91. The summed E-state index contributed by atoms with van der Waals surface area (Å²) in [5.74, 6) is -1.69. The third-order valence-electron chi connectivity index (χ3n) is 5.32. The van der Waals surface area contributed by atoms with Gasteiger partial charge in [-0.25, -0.2) is 4.98 Å². The van der Waals surface area contributed by atoms with Crippen LogP contribution >= 0.6 is 11.3 Å². The highest BCUT2D eigenvalue weighted by Gasteiger charge is 2.33. The van der Waals surface area contributed by atoms with E-state index >= 15 is 0 Å².